The third-order valence-corrected chi connectivity index (χ3v) is 4.93. The quantitative estimate of drug-likeness (QED) is 0.794. The molecule has 0 spiro atoms. The van der Waals surface area contributed by atoms with Gasteiger partial charge in [-0.15, -0.1) is 24.8 Å². The lowest BCUT2D eigenvalue weighted by atomic mass is 9.91. The van der Waals surface area contributed by atoms with Gasteiger partial charge in [-0.1, -0.05) is 60.7 Å². The molecule has 2 unspecified atom stereocenters. The Labute approximate surface area is 174 Å². The summed E-state index contributed by atoms with van der Waals surface area (Å²) in [5.41, 5.74) is 7.47. The molecule has 3 rings (SSSR count). The van der Waals surface area contributed by atoms with Gasteiger partial charge in [-0.3, -0.25) is 9.69 Å². The second-order valence-electron chi connectivity index (χ2n) is 7.10. The van der Waals surface area contributed by atoms with Crippen LogP contribution in [0.15, 0.2) is 60.7 Å². The number of halogens is 2. The summed E-state index contributed by atoms with van der Waals surface area (Å²) in [7, 11) is 0. The van der Waals surface area contributed by atoms with Crippen molar-refractivity contribution in [2.45, 2.75) is 37.9 Å². The first-order valence-electron chi connectivity index (χ1n) is 8.97. The number of nitrogens with two attached hydrogens (primary N) is 1. The number of piperidine rings is 1. The number of nitrogens with zero attached hydrogens (tertiary/aromatic N) is 1. The lowest BCUT2D eigenvalue weighted by Gasteiger charge is -2.35. The molecule has 6 heteroatoms. The molecule has 2 atom stereocenters. The number of amides is 1. The van der Waals surface area contributed by atoms with E-state index in [-0.39, 0.29) is 36.8 Å². The van der Waals surface area contributed by atoms with Crippen molar-refractivity contribution >= 4 is 30.7 Å². The van der Waals surface area contributed by atoms with Crippen LogP contribution in [0.25, 0.3) is 0 Å². The number of hydrogen-bond donors (Lipinski definition) is 2. The van der Waals surface area contributed by atoms with Crippen LogP contribution in [0.5, 0.6) is 0 Å². The van der Waals surface area contributed by atoms with Crippen LogP contribution in [0.4, 0.5) is 0 Å². The molecule has 0 aromatic heterocycles. The van der Waals surface area contributed by atoms with Crippen LogP contribution in [0.2, 0.25) is 0 Å². The minimum atomic E-state index is -1.01. The van der Waals surface area contributed by atoms with Crippen molar-refractivity contribution in [2.75, 3.05) is 13.1 Å². The maximum atomic E-state index is 12.7. The lowest BCUT2D eigenvalue weighted by molar-refractivity contribution is -0.127. The fraction of sp³-hybridized carbons (Fsp3) is 0.381. The molecule has 4 nitrogen and oxygen atoms in total. The largest absolute Gasteiger partial charge is 0.350 e. The summed E-state index contributed by atoms with van der Waals surface area (Å²) in [5.74, 6) is -0.106. The summed E-state index contributed by atoms with van der Waals surface area (Å²) < 4.78 is 0. The van der Waals surface area contributed by atoms with Crippen molar-refractivity contribution < 1.29 is 4.79 Å². The molecule has 1 aliphatic rings. The Morgan fingerprint density at radius 1 is 1.11 bits per heavy atom. The Bertz CT molecular complexity index is 695. The van der Waals surface area contributed by atoms with Gasteiger partial charge in [0, 0.05) is 19.1 Å². The van der Waals surface area contributed by atoms with Gasteiger partial charge in [0.25, 0.3) is 0 Å². The minimum absolute atomic E-state index is 0. The van der Waals surface area contributed by atoms with Crippen molar-refractivity contribution in [1.29, 1.82) is 0 Å². The zero-order chi connectivity index (χ0) is 17.7. The molecule has 0 bridgehead atoms. The highest BCUT2D eigenvalue weighted by Crippen LogP contribution is 2.19. The van der Waals surface area contributed by atoms with Gasteiger partial charge in [-0.2, -0.15) is 0 Å². The van der Waals surface area contributed by atoms with E-state index in [4.69, 9.17) is 5.73 Å². The molecule has 2 aromatic carbocycles. The number of nitrogens with one attached hydrogen (secondary N) is 1. The molecule has 27 heavy (non-hydrogen) atoms. The Kier molecular flexibility index (Phi) is 9.27. The molecule has 1 aliphatic heterocycles. The average Bonchev–Trinajstić information content (AvgIpc) is 2.63. The van der Waals surface area contributed by atoms with E-state index in [9.17, 15) is 4.79 Å². The summed E-state index contributed by atoms with van der Waals surface area (Å²) in [6, 6.07) is 20.2. The van der Waals surface area contributed by atoms with Gasteiger partial charge in [-0.05, 0) is 37.4 Å². The first kappa shape index (κ1) is 23.4. The fourth-order valence-electron chi connectivity index (χ4n) is 3.41. The molecule has 0 radical (unpaired) electrons. The molecule has 3 N–H and O–H groups in total. The lowest BCUT2D eigenvalue weighted by Crippen LogP contribution is -2.55. The van der Waals surface area contributed by atoms with Gasteiger partial charge < -0.3 is 11.1 Å². The predicted molar refractivity (Wildman–Crippen MR) is 115 cm³/mol. The third-order valence-electron chi connectivity index (χ3n) is 4.93. The molecule has 148 valence electrons. The minimum Gasteiger partial charge on any atom is -0.350 e. The van der Waals surface area contributed by atoms with Gasteiger partial charge in [-0.25, -0.2) is 0 Å². The van der Waals surface area contributed by atoms with Crippen molar-refractivity contribution in [3.05, 3.63) is 71.8 Å². The Morgan fingerprint density at radius 3 is 2.33 bits per heavy atom. The second kappa shape index (κ2) is 10.7. The summed E-state index contributed by atoms with van der Waals surface area (Å²) in [6.07, 6.45) is 2.09. The average molecular weight is 410 g/mol. The van der Waals surface area contributed by atoms with Crippen LogP contribution >= 0.6 is 24.8 Å². The highest BCUT2D eigenvalue weighted by molar-refractivity contribution is 5.87. The van der Waals surface area contributed by atoms with Crippen molar-refractivity contribution in [2.24, 2.45) is 5.73 Å². The molecule has 0 aliphatic carbocycles. The van der Waals surface area contributed by atoms with E-state index in [0.29, 0.717) is 0 Å². The van der Waals surface area contributed by atoms with Crippen LogP contribution in [-0.2, 0) is 16.9 Å². The van der Waals surface area contributed by atoms with Gasteiger partial charge in [0.15, 0.2) is 0 Å². The summed E-state index contributed by atoms with van der Waals surface area (Å²) in [5, 5.41) is 3.17. The molecular formula is C21H29Cl2N3O. The van der Waals surface area contributed by atoms with E-state index in [1.54, 1.807) is 6.92 Å². The summed E-state index contributed by atoms with van der Waals surface area (Å²) in [6.45, 7) is 4.64. The van der Waals surface area contributed by atoms with Gasteiger partial charge >= 0.3 is 0 Å². The maximum absolute atomic E-state index is 12.7. The number of carbonyl (C=O) groups excluding carboxylic acids is 1. The highest BCUT2D eigenvalue weighted by Gasteiger charge is 2.32. The number of benzene rings is 2. The standard InChI is InChI=1S/C21H27N3O.2ClH/c1-21(22,18-11-6-3-7-12-18)20(25)23-19-13-8-14-24(16-19)15-17-9-4-2-5-10-17;;/h2-7,9-12,19H,8,13-16,22H2,1H3,(H,23,25);2*1H. The normalized spacial score (nSPS) is 19.1. The number of carbonyl (C=O) groups is 1. The fourth-order valence-corrected chi connectivity index (χ4v) is 3.41. The van der Waals surface area contributed by atoms with Crippen molar-refractivity contribution in [1.82, 2.24) is 10.2 Å². The smallest absolute Gasteiger partial charge is 0.244 e. The molecule has 2 aromatic rings. The number of likely N-dealkylation sites (tertiary alicyclic amines) is 1. The van der Waals surface area contributed by atoms with Gasteiger partial charge in [0.05, 0.1) is 0 Å². The molecule has 0 saturated carbocycles. The van der Waals surface area contributed by atoms with E-state index in [0.717, 1.165) is 38.0 Å². The SMILES string of the molecule is CC(N)(C(=O)NC1CCCN(Cc2ccccc2)C1)c1ccccc1.Cl.Cl. The Morgan fingerprint density at radius 2 is 1.70 bits per heavy atom. The highest BCUT2D eigenvalue weighted by atomic mass is 35.5. The monoisotopic (exact) mass is 409 g/mol. The molecular weight excluding hydrogens is 381 g/mol. The molecule has 1 amide bonds. The van der Waals surface area contributed by atoms with Crippen LogP contribution in [0.3, 0.4) is 0 Å². The Hall–Kier alpha value is -1.59. The van der Waals surface area contributed by atoms with Gasteiger partial charge in [0.1, 0.15) is 5.54 Å². The zero-order valence-electron chi connectivity index (χ0n) is 15.6. The number of rotatable bonds is 5. The van der Waals surface area contributed by atoms with E-state index >= 15 is 0 Å². The van der Waals surface area contributed by atoms with Crippen LogP contribution in [0, 0.1) is 0 Å². The molecule has 1 saturated heterocycles. The van der Waals surface area contributed by atoms with Gasteiger partial charge in [0.2, 0.25) is 5.91 Å². The van der Waals surface area contributed by atoms with E-state index < -0.39 is 5.54 Å². The van der Waals surface area contributed by atoms with Crippen molar-refractivity contribution in [3.8, 4) is 0 Å². The predicted octanol–water partition coefficient (Wildman–Crippen LogP) is 3.48. The summed E-state index contributed by atoms with van der Waals surface area (Å²) in [4.78, 5) is 15.1. The first-order valence-corrected chi connectivity index (χ1v) is 8.97. The number of hydrogen-bond acceptors (Lipinski definition) is 3. The van der Waals surface area contributed by atoms with Crippen molar-refractivity contribution in [3.63, 3.8) is 0 Å². The van der Waals surface area contributed by atoms with E-state index in [2.05, 4.69) is 34.5 Å². The van der Waals surface area contributed by atoms with E-state index in [1.807, 2.05) is 36.4 Å². The van der Waals surface area contributed by atoms with Crippen LogP contribution < -0.4 is 11.1 Å². The zero-order valence-corrected chi connectivity index (χ0v) is 17.3. The van der Waals surface area contributed by atoms with Crippen LogP contribution in [-0.4, -0.2) is 29.9 Å². The van der Waals surface area contributed by atoms with Crippen LogP contribution in [0.1, 0.15) is 30.9 Å². The molecule has 1 fully saturated rings. The topological polar surface area (TPSA) is 58.4 Å². The Balaban J connectivity index is 0.00000182. The van der Waals surface area contributed by atoms with E-state index in [1.165, 1.54) is 5.56 Å². The summed E-state index contributed by atoms with van der Waals surface area (Å²) >= 11 is 0. The third kappa shape index (κ3) is 6.22. The maximum Gasteiger partial charge on any atom is 0.244 e. The second-order valence-corrected chi connectivity index (χ2v) is 7.10. The molecule has 1 heterocycles. The first-order chi connectivity index (χ1) is 12.1.